The van der Waals surface area contributed by atoms with Gasteiger partial charge in [0.15, 0.2) is 5.96 Å². The quantitative estimate of drug-likeness (QED) is 0.0905. The van der Waals surface area contributed by atoms with Crippen LogP contribution < -0.4 is 21.5 Å². The number of carboxylic acids is 2. The lowest BCUT2D eigenvalue weighted by Crippen LogP contribution is -2.59. The highest BCUT2D eigenvalue weighted by Gasteiger charge is 2.47. The van der Waals surface area contributed by atoms with Gasteiger partial charge in [0.2, 0.25) is 21.8 Å². The molecular formula is C23H30F6N6O8S2. The molecule has 0 aromatic heterocycles. The fourth-order valence-electron chi connectivity index (χ4n) is 3.67. The number of alkyl halides is 6. The summed E-state index contributed by atoms with van der Waals surface area (Å²) in [6.45, 7) is 0.787. The minimum absolute atomic E-state index is 0.000957. The summed E-state index contributed by atoms with van der Waals surface area (Å²) in [6, 6.07) is 7.32. The monoisotopic (exact) mass is 696 g/mol. The molecule has 1 aromatic rings. The van der Waals surface area contributed by atoms with Crippen molar-refractivity contribution in [3.05, 3.63) is 35.9 Å². The fraction of sp³-hybridized carbons (Fsp3) is 0.522. The van der Waals surface area contributed by atoms with Gasteiger partial charge in [-0.1, -0.05) is 30.3 Å². The molecule has 3 rings (SSSR count). The summed E-state index contributed by atoms with van der Waals surface area (Å²) in [4.78, 5) is 48.9. The number of carbonyl (C=O) groups excluding carboxylic acids is 2. The molecule has 0 unspecified atom stereocenters. The molecule has 22 heteroatoms. The molecule has 2 fully saturated rings. The van der Waals surface area contributed by atoms with Crippen LogP contribution >= 0.6 is 11.8 Å². The van der Waals surface area contributed by atoms with Gasteiger partial charge >= 0.3 is 24.3 Å². The minimum Gasteiger partial charge on any atom is -0.475 e. The highest BCUT2D eigenvalue weighted by Crippen LogP contribution is 2.36. The first kappa shape index (κ1) is 39.2. The number of rotatable bonds is 9. The van der Waals surface area contributed by atoms with Crippen LogP contribution in [0.15, 0.2) is 35.3 Å². The SMILES string of the molecule is NC(N)=NCCCNC(=O)[C@@H]1CS[C@H]2CC[C@H](NS(=O)(=O)Cc3ccccc3)C(=O)N21.O=C(O)C(F)(F)F.O=C(O)C(F)(F)F. The van der Waals surface area contributed by atoms with E-state index >= 15 is 0 Å². The number of hydrogen-bond donors (Lipinski definition) is 6. The number of halogens is 6. The maximum Gasteiger partial charge on any atom is 0.490 e. The Kier molecular flexibility index (Phi) is 14.9. The molecule has 2 aliphatic rings. The number of benzene rings is 1. The van der Waals surface area contributed by atoms with Crippen molar-refractivity contribution in [2.45, 2.75) is 54.8 Å². The fourth-order valence-corrected chi connectivity index (χ4v) is 6.47. The van der Waals surface area contributed by atoms with E-state index in [1.54, 1.807) is 36.0 Å². The third-order valence-corrected chi connectivity index (χ3v) is 8.30. The highest BCUT2D eigenvalue weighted by atomic mass is 32.2. The average molecular weight is 697 g/mol. The minimum atomic E-state index is -5.08. The zero-order valence-electron chi connectivity index (χ0n) is 23.0. The molecule has 2 saturated heterocycles. The molecule has 0 aliphatic carbocycles. The molecule has 8 N–H and O–H groups in total. The van der Waals surface area contributed by atoms with Crippen molar-refractivity contribution >= 4 is 51.5 Å². The number of aliphatic imine (C=N–C) groups is 1. The first-order valence-corrected chi connectivity index (χ1v) is 15.3. The summed E-state index contributed by atoms with van der Waals surface area (Å²) < 4.78 is 91.2. The summed E-state index contributed by atoms with van der Waals surface area (Å²) in [7, 11) is -3.70. The van der Waals surface area contributed by atoms with Crippen molar-refractivity contribution < 1.29 is 64.2 Å². The van der Waals surface area contributed by atoms with Gasteiger partial charge in [-0.05, 0) is 24.8 Å². The second-order valence-corrected chi connectivity index (χ2v) is 12.1. The number of nitrogens with two attached hydrogens (primary N) is 2. The zero-order chi connectivity index (χ0) is 34.6. The smallest absolute Gasteiger partial charge is 0.475 e. The predicted octanol–water partition coefficient (Wildman–Crippen LogP) is 0.585. The van der Waals surface area contributed by atoms with E-state index in [2.05, 4.69) is 15.0 Å². The summed E-state index contributed by atoms with van der Waals surface area (Å²) in [5.74, 6) is -5.82. The second kappa shape index (κ2) is 17.1. The van der Waals surface area contributed by atoms with Crippen LogP contribution in [0.3, 0.4) is 0 Å². The van der Waals surface area contributed by atoms with Crippen LogP contribution in [0.1, 0.15) is 24.8 Å². The molecular weight excluding hydrogens is 666 g/mol. The number of carbonyl (C=O) groups is 4. The second-order valence-electron chi connectivity index (χ2n) is 9.10. The van der Waals surface area contributed by atoms with E-state index in [1.807, 2.05) is 6.07 Å². The maximum atomic E-state index is 13.1. The molecule has 0 radical (unpaired) electrons. The molecule has 45 heavy (non-hydrogen) atoms. The number of aliphatic carboxylic acids is 2. The van der Waals surface area contributed by atoms with Crippen LogP contribution in [0, 0.1) is 0 Å². The average Bonchev–Trinajstić information content (AvgIpc) is 3.35. The Bertz CT molecular complexity index is 1290. The van der Waals surface area contributed by atoms with Crippen molar-refractivity contribution in [2.75, 3.05) is 18.8 Å². The standard InChI is InChI=1S/C19H28N6O4S2.2C2HF3O2/c20-19(21)23-10-4-9-22-17(26)15-11-30-16-8-7-14(18(27)25(15)16)24-31(28,29)12-13-5-2-1-3-6-13;2*3-2(4,5)1(6)7/h1-3,5-6,14-16,24H,4,7-12H2,(H,22,26)(H4,20,21,23);2*(H,6,7)/t14-,15-,16-;;/m0../s1. The number of nitrogens with one attached hydrogen (secondary N) is 2. The van der Waals surface area contributed by atoms with E-state index in [4.69, 9.17) is 31.3 Å². The topological polar surface area (TPSA) is 235 Å². The van der Waals surface area contributed by atoms with Crippen LogP contribution in [-0.2, 0) is 35.0 Å². The summed E-state index contributed by atoms with van der Waals surface area (Å²) in [6.07, 6.45) is -8.56. The number of fused-ring (bicyclic) bond motifs is 1. The van der Waals surface area contributed by atoms with E-state index < -0.39 is 46.4 Å². The number of carboxylic acid groups (broad SMARTS) is 2. The van der Waals surface area contributed by atoms with Crippen molar-refractivity contribution in [1.29, 1.82) is 0 Å². The van der Waals surface area contributed by atoms with E-state index in [9.17, 15) is 44.3 Å². The lowest BCUT2D eigenvalue weighted by molar-refractivity contribution is -0.193. The first-order valence-electron chi connectivity index (χ1n) is 12.6. The van der Waals surface area contributed by atoms with Gasteiger partial charge in [-0.25, -0.2) is 22.7 Å². The van der Waals surface area contributed by atoms with Crippen molar-refractivity contribution in [1.82, 2.24) is 14.9 Å². The van der Waals surface area contributed by atoms with Gasteiger partial charge in [0.05, 0.1) is 11.1 Å². The van der Waals surface area contributed by atoms with Gasteiger partial charge < -0.3 is 31.9 Å². The molecule has 3 atom stereocenters. The normalized spacial score (nSPS) is 19.6. The van der Waals surface area contributed by atoms with Gasteiger partial charge in [-0.3, -0.25) is 14.6 Å². The first-order chi connectivity index (χ1) is 20.7. The largest absolute Gasteiger partial charge is 0.490 e. The molecule has 0 bridgehead atoms. The van der Waals surface area contributed by atoms with Crippen LogP contribution in [0.4, 0.5) is 26.3 Å². The number of thioether (sulfide) groups is 1. The van der Waals surface area contributed by atoms with E-state index in [0.29, 0.717) is 43.7 Å². The molecule has 14 nitrogen and oxygen atoms in total. The Balaban J connectivity index is 0.000000601. The van der Waals surface area contributed by atoms with E-state index in [-0.39, 0.29) is 28.9 Å². The summed E-state index contributed by atoms with van der Waals surface area (Å²) >= 11 is 1.55. The summed E-state index contributed by atoms with van der Waals surface area (Å²) in [5, 5.41) is 17.0. The Morgan fingerprint density at radius 3 is 2.02 bits per heavy atom. The molecule has 2 amide bonds. The number of guanidine groups is 1. The lowest BCUT2D eigenvalue weighted by atomic mass is 10.0. The summed E-state index contributed by atoms with van der Waals surface area (Å²) in [5.41, 5.74) is 11.2. The van der Waals surface area contributed by atoms with E-state index in [1.165, 1.54) is 4.90 Å². The van der Waals surface area contributed by atoms with Gasteiger partial charge in [0, 0.05) is 18.8 Å². The van der Waals surface area contributed by atoms with E-state index in [0.717, 1.165) is 0 Å². The molecule has 1 aromatic carbocycles. The third-order valence-electron chi connectivity index (χ3n) is 5.58. The lowest BCUT2D eigenvalue weighted by Gasteiger charge is -2.36. The zero-order valence-corrected chi connectivity index (χ0v) is 24.7. The number of amides is 2. The van der Waals surface area contributed by atoms with Crippen LogP contribution in [0.2, 0.25) is 0 Å². The number of hydrogen-bond acceptors (Lipinski definition) is 8. The van der Waals surface area contributed by atoms with Crippen molar-refractivity contribution in [2.24, 2.45) is 16.5 Å². The molecule has 0 saturated carbocycles. The molecule has 254 valence electrons. The molecule has 2 aliphatic heterocycles. The third kappa shape index (κ3) is 14.2. The molecule has 0 spiro atoms. The van der Waals surface area contributed by atoms with Gasteiger partial charge in [-0.15, -0.1) is 11.8 Å². The number of nitrogens with zero attached hydrogens (tertiary/aromatic N) is 2. The van der Waals surface area contributed by atoms with Gasteiger partial charge in [0.1, 0.15) is 12.1 Å². The molecule has 2 heterocycles. The van der Waals surface area contributed by atoms with Crippen molar-refractivity contribution in [3.8, 4) is 0 Å². The van der Waals surface area contributed by atoms with Gasteiger partial charge in [-0.2, -0.15) is 26.3 Å². The highest BCUT2D eigenvalue weighted by molar-refractivity contribution is 8.00. The Morgan fingerprint density at radius 1 is 1.00 bits per heavy atom. The number of piperidine rings is 1. The Labute approximate surface area is 256 Å². The van der Waals surface area contributed by atoms with Crippen LogP contribution in [0.25, 0.3) is 0 Å². The Hall–Kier alpha value is -3.79. The number of sulfonamides is 1. The van der Waals surface area contributed by atoms with Crippen LogP contribution in [0.5, 0.6) is 0 Å². The van der Waals surface area contributed by atoms with Gasteiger partial charge in [0.25, 0.3) is 0 Å². The predicted molar refractivity (Wildman–Crippen MR) is 148 cm³/mol. The van der Waals surface area contributed by atoms with Crippen LogP contribution in [-0.4, -0.2) is 102 Å². The van der Waals surface area contributed by atoms with Crippen molar-refractivity contribution in [3.63, 3.8) is 0 Å². The Morgan fingerprint density at radius 2 is 1.53 bits per heavy atom. The maximum absolute atomic E-state index is 13.1.